The summed E-state index contributed by atoms with van der Waals surface area (Å²) in [6, 6.07) is 21.7. The number of benzene rings is 3. The fraction of sp³-hybridized carbons (Fsp3) is 0.296. The van der Waals surface area contributed by atoms with Crippen molar-refractivity contribution in [1.82, 2.24) is 9.91 Å². The Morgan fingerprint density at radius 1 is 0.727 bits per heavy atom. The van der Waals surface area contributed by atoms with Crippen LogP contribution in [0.15, 0.2) is 65.8 Å². The lowest BCUT2D eigenvalue weighted by Gasteiger charge is -2.37. The SMILES string of the molecule is COc1ccc(C=NN2CCN(C3c4ccccc4-c4ccccc43)CC2)c(OC)c1OC. The maximum absolute atomic E-state index is 5.58. The topological polar surface area (TPSA) is 46.5 Å². The number of hydrogen-bond acceptors (Lipinski definition) is 6. The molecule has 6 heteroatoms. The summed E-state index contributed by atoms with van der Waals surface area (Å²) in [6.07, 6.45) is 1.84. The second kappa shape index (κ2) is 9.16. The van der Waals surface area contributed by atoms with Crippen molar-refractivity contribution in [3.63, 3.8) is 0 Å². The fourth-order valence-corrected chi connectivity index (χ4v) is 4.98. The zero-order valence-corrected chi connectivity index (χ0v) is 19.3. The maximum atomic E-state index is 5.58. The minimum absolute atomic E-state index is 0.314. The van der Waals surface area contributed by atoms with Gasteiger partial charge < -0.3 is 14.2 Å². The predicted molar refractivity (Wildman–Crippen MR) is 131 cm³/mol. The van der Waals surface area contributed by atoms with Crippen molar-refractivity contribution in [1.29, 1.82) is 0 Å². The quantitative estimate of drug-likeness (QED) is 0.528. The second-order valence-corrected chi connectivity index (χ2v) is 8.23. The van der Waals surface area contributed by atoms with Crippen molar-refractivity contribution in [3.05, 3.63) is 77.4 Å². The number of rotatable bonds is 6. The van der Waals surface area contributed by atoms with Crippen molar-refractivity contribution < 1.29 is 14.2 Å². The number of methoxy groups -OCH3 is 3. The van der Waals surface area contributed by atoms with Crippen molar-refractivity contribution in [2.45, 2.75) is 6.04 Å². The van der Waals surface area contributed by atoms with E-state index in [1.54, 1.807) is 21.3 Å². The molecule has 0 bridgehead atoms. The molecule has 3 aromatic carbocycles. The average molecular weight is 444 g/mol. The van der Waals surface area contributed by atoms with Gasteiger partial charge in [0.2, 0.25) is 5.75 Å². The number of piperazine rings is 1. The lowest BCUT2D eigenvalue weighted by Crippen LogP contribution is -2.45. The van der Waals surface area contributed by atoms with Gasteiger partial charge in [0.05, 0.1) is 33.6 Å². The summed E-state index contributed by atoms with van der Waals surface area (Å²) < 4.78 is 16.4. The first kappa shape index (κ1) is 21.3. The van der Waals surface area contributed by atoms with Crippen molar-refractivity contribution >= 4 is 6.21 Å². The first-order valence-electron chi connectivity index (χ1n) is 11.2. The second-order valence-electron chi connectivity index (χ2n) is 8.23. The van der Waals surface area contributed by atoms with Crippen LogP contribution in [0.25, 0.3) is 11.1 Å². The van der Waals surface area contributed by atoms with Gasteiger partial charge in [0, 0.05) is 31.7 Å². The van der Waals surface area contributed by atoms with Gasteiger partial charge >= 0.3 is 0 Å². The van der Waals surface area contributed by atoms with E-state index in [1.165, 1.54) is 22.3 Å². The van der Waals surface area contributed by atoms with E-state index >= 15 is 0 Å². The van der Waals surface area contributed by atoms with E-state index in [0.717, 1.165) is 31.7 Å². The molecule has 0 saturated carbocycles. The van der Waals surface area contributed by atoms with E-state index in [9.17, 15) is 0 Å². The summed E-state index contributed by atoms with van der Waals surface area (Å²) >= 11 is 0. The average Bonchev–Trinajstić information content (AvgIpc) is 3.21. The molecular weight excluding hydrogens is 414 g/mol. The molecule has 0 amide bonds. The van der Waals surface area contributed by atoms with Crippen molar-refractivity contribution in [2.75, 3.05) is 47.5 Å². The highest BCUT2D eigenvalue weighted by molar-refractivity contribution is 5.86. The van der Waals surface area contributed by atoms with E-state index in [-0.39, 0.29) is 0 Å². The molecule has 0 atom stereocenters. The van der Waals surface area contributed by atoms with E-state index in [4.69, 9.17) is 19.3 Å². The minimum atomic E-state index is 0.314. The van der Waals surface area contributed by atoms with E-state index < -0.39 is 0 Å². The molecule has 1 fully saturated rings. The van der Waals surface area contributed by atoms with Crippen LogP contribution in [0.1, 0.15) is 22.7 Å². The lowest BCUT2D eigenvalue weighted by molar-refractivity contribution is 0.114. The molecule has 170 valence electrons. The van der Waals surface area contributed by atoms with Crippen LogP contribution in [0.3, 0.4) is 0 Å². The first-order valence-corrected chi connectivity index (χ1v) is 11.2. The fourth-order valence-electron chi connectivity index (χ4n) is 4.98. The van der Waals surface area contributed by atoms with E-state index in [2.05, 4.69) is 58.4 Å². The Bertz CT molecular complexity index is 1120. The van der Waals surface area contributed by atoms with Gasteiger partial charge in [-0.15, -0.1) is 0 Å². The zero-order valence-electron chi connectivity index (χ0n) is 19.3. The molecule has 1 aliphatic carbocycles. The Morgan fingerprint density at radius 3 is 1.91 bits per heavy atom. The molecule has 33 heavy (non-hydrogen) atoms. The molecule has 1 heterocycles. The molecule has 0 aromatic heterocycles. The van der Waals surface area contributed by atoms with Crippen molar-refractivity contribution in [2.24, 2.45) is 5.10 Å². The predicted octanol–water partition coefficient (Wildman–Crippen LogP) is 4.43. The van der Waals surface area contributed by atoms with Crippen LogP contribution in [-0.2, 0) is 0 Å². The summed E-state index contributed by atoms with van der Waals surface area (Å²) in [7, 11) is 4.86. The lowest BCUT2D eigenvalue weighted by atomic mass is 10.0. The summed E-state index contributed by atoms with van der Waals surface area (Å²) in [5, 5.41) is 6.87. The van der Waals surface area contributed by atoms with Gasteiger partial charge in [0.15, 0.2) is 11.5 Å². The Morgan fingerprint density at radius 2 is 1.33 bits per heavy atom. The molecule has 0 unspecified atom stereocenters. The molecule has 1 saturated heterocycles. The highest BCUT2D eigenvalue weighted by Gasteiger charge is 2.33. The maximum Gasteiger partial charge on any atom is 0.203 e. The monoisotopic (exact) mass is 443 g/mol. The van der Waals surface area contributed by atoms with Crippen LogP contribution in [0, 0.1) is 0 Å². The Kier molecular flexibility index (Phi) is 5.92. The summed E-state index contributed by atoms with van der Waals surface area (Å²) in [5.41, 5.74) is 6.39. The number of nitrogens with zero attached hydrogens (tertiary/aromatic N) is 3. The largest absolute Gasteiger partial charge is 0.493 e. The van der Waals surface area contributed by atoms with Gasteiger partial charge in [-0.1, -0.05) is 48.5 Å². The molecule has 2 aliphatic rings. The van der Waals surface area contributed by atoms with E-state index in [0.29, 0.717) is 23.3 Å². The third kappa shape index (κ3) is 3.80. The molecule has 0 radical (unpaired) electrons. The number of fused-ring (bicyclic) bond motifs is 3. The molecule has 6 nitrogen and oxygen atoms in total. The summed E-state index contributed by atoms with van der Waals surface area (Å²) in [5.74, 6) is 1.84. The van der Waals surface area contributed by atoms with Gasteiger partial charge in [-0.2, -0.15) is 5.10 Å². The number of ether oxygens (including phenoxy) is 3. The Balaban J connectivity index is 1.31. The Labute approximate surface area is 195 Å². The van der Waals surface area contributed by atoms with Crippen LogP contribution >= 0.6 is 0 Å². The number of hydrogen-bond donors (Lipinski definition) is 0. The zero-order chi connectivity index (χ0) is 22.8. The molecule has 3 aromatic rings. The molecular formula is C27H29N3O3. The number of hydrazone groups is 1. The van der Waals surface area contributed by atoms with Gasteiger partial charge in [-0.25, -0.2) is 0 Å². The van der Waals surface area contributed by atoms with Gasteiger partial charge in [-0.05, 0) is 34.4 Å². The molecule has 0 N–H and O–H groups in total. The van der Waals surface area contributed by atoms with Crippen molar-refractivity contribution in [3.8, 4) is 28.4 Å². The summed E-state index contributed by atoms with van der Waals surface area (Å²) in [4.78, 5) is 2.58. The normalized spacial score (nSPS) is 16.0. The standard InChI is InChI=1S/C27H29N3O3/c1-31-24-13-12-19(26(32-2)27(24)33-3)18-28-30-16-14-29(15-17-30)25-22-10-6-4-8-20(22)21-9-5-7-11-23(21)25/h4-13,18,25H,14-17H2,1-3H3. The van der Waals surface area contributed by atoms with Crippen LogP contribution in [-0.4, -0.2) is 63.6 Å². The van der Waals surface area contributed by atoms with Crippen LogP contribution in [0.5, 0.6) is 17.2 Å². The van der Waals surface area contributed by atoms with Gasteiger partial charge in [-0.3, -0.25) is 9.91 Å². The molecule has 1 aliphatic heterocycles. The highest BCUT2D eigenvalue weighted by Crippen LogP contribution is 2.46. The van der Waals surface area contributed by atoms with Gasteiger partial charge in [0.1, 0.15) is 0 Å². The van der Waals surface area contributed by atoms with Crippen LogP contribution in [0.2, 0.25) is 0 Å². The first-order chi connectivity index (χ1) is 16.2. The third-order valence-corrected chi connectivity index (χ3v) is 6.55. The highest BCUT2D eigenvalue weighted by atomic mass is 16.5. The van der Waals surface area contributed by atoms with Gasteiger partial charge in [0.25, 0.3) is 0 Å². The third-order valence-electron chi connectivity index (χ3n) is 6.55. The smallest absolute Gasteiger partial charge is 0.203 e. The van der Waals surface area contributed by atoms with Crippen LogP contribution in [0.4, 0.5) is 0 Å². The Hall–Kier alpha value is -3.51. The minimum Gasteiger partial charge on any atom is -0.493 e. The molecule has 0 spiro atoms. The summed E-state index contributed by atoms with van der Waals surface area (Å²) in [6.45, 7) is 3.64. The van der Waals surface area contributed by atoms with E-state index in [1.807, 2.05) is 18.3 Å². The van der Waals surface area contributed by atoms with Crippen LogP contribution < -0.4 is 14.2 Å². The molecule has 5 rings (SSSR count).